The fourth-order valence-electron chi connectivity index (χ4n) is 2.82. The third-order valence-corrected chi connectivity index (χ3v) is 3.88. The third-order valence-electron chi connectivity index (χ3n) is 3.88. The van der Waals surface area contributed by atoms with Crippen LogP contribution in [0.2, 0.25) is 0 Å². The number of rotatable bonds is 6. The molecule has 2 aromatic rings. The number of nitrogens with two attached hydrogens (primary N) is 1. The minimum Gasteiger partial charge on any atom is -0.497 e. The Morgan fingerprint density at radius 3 is 2.36 bits per heavy atom. The molecule has 0 aliphatic heterocycles. The van der Waals surface area contributed by atoms with Crippen LogP contribution in [0.4, 0.5) is 0 Å². The molecule has 0 aliphatic carbocycles. The van der Waals surface area contributed by atoms with E-state index in [2.05, 4.69) is 56.3 Å². The van der Waals surface area contributed by atoms with E-state index in [-0.39, 0.29) is 0 Å². The van der Waals surface area contributed by atoms with Gasteiger partial charge in [-0.05, 0) is 50.7 Å². The molecule has 0 radical (unpaired) electrons. The molecule has 3 heteroatoms. The molecule has 0 spiro atoms. The second kappa shape index (κ2) is 6.95. The molecular weight excluding hydrogens is 272 g/mol. The van der Waals surface area contributed by atoms with Gasteiger partial charge in [-0.2, -0.15) is 0 Å². The Labute approximate surface area is 133 Å². The second-order valence-electron chi connectivity index (χ2n) is 6.29. The Bertz CT molecular complexity index is 607. The number of ether oxygens (including phenoxy) is 1. The van der Waals surface area contributed by atoms with E-state index in [0.29, 0.717) is 0 Å². The molecule has 3 nitrogen and oxygen atoms in total. The van der Waals surface area contributed by atoms with Gasteiger partial charge in [0, 0.05) is 6.54 Å². The van der Waals surface area contributed by atoms with Gasteiger partial charge in [0.25, 0.3) is 0 Å². The Morgan fingerprint density at radius 1 is 1.09 bits per heavy atom. The summed E-state index contributed by atoms with van der Waals surface area (Å²) in [4.78, 5) is 2.13. The van der Waals surface area contributed by atoms with E-state index in [9.17, 15) is 0 Å². The van der Waals surface area contributed by atoms with Crippen molar-refractivity contribution in [1.29, 1.82) is 0 Å². The zero-order chi connectivity index (χ0) is 16.2. The molecule has 1 atom stereocenters. The molecule has 0 aromatic heterocycles. The minimum atomic E-state index is -0.451. The second-order valence-corrected chi connectivity index (χ2v) is 6.29. The zero-order valence-corrected chi connectivity index (χ0v) is 14.0. The maximum Gasteiger partial charge on any atom is 0.119 e. The molecule has 2 aromatic carbocycles. The fraction of sp³-hybridized carbons (Fsp3) is 0.368. The SMILES string of the molecule is COc1cccc(C(N)(Cc2ccc(C)cc2)CN(C)C)c1. The first-order valence-corrected chi connectivity index (χ1v) is 7.57. The van der Waals surface area contributed by atoms with Crippen molar-refractivity contribution in [1.82, 2.24) is 4.90 Å². The predicted octanol–water partition coefficient (Wildman–Crippen LogP) is 2.96. The fourth-order valence-corrected chi connectivity index (χ4v) is 2.82. The highest BCUT2D eigenvalue weighted by atomic mass is 16.5. The number of likely N-dealkylation sites (N-methyl/N-ethyl adjacent to an activating group) is 1. The van der Waals surface area contributed by atoms with Crippen LogP contribution in [-0.4, -0.2) is 32.6 Å². The highest BCUT2D eigenvalue weighted by Gasteiger charge is 2.29. The highest BCUT2D eigenvalue weighted by Crippen LogP contribution is 2.27. The van der Waals surface area contributed by atoms with Gasteiger partial charge in [0.05, 0.1) is 12.6 Å². The maximum atomic E-state index is 6.82. The van der Waals surface area contributed by atoms with Crippen molar-refractivity contribution >= 4 is 0 Å². The first-order chi connectivity index (χ1) is 10.4. The van der Waals surface area contributed by atoms with Crippen molar-refractivity contribution in [2.24, 2.45) is 5.73 Å². The van der Waals surface area contributed by atoms with Crippen LogP contribution in [0.15, 0.2) is 48.5 Å². The maximum absolute atomic E-state index is 6.82. The first-order valence-electron chi connectivity index (χ1n) is 7.57. The lowest BCUT2D eigenvalue weighted by molar-refractivity contribution is 0.283. The van der Waals surface area contributed by atoms with E-state index in [1.54, 1.807) is 7.11 Å². The van der Waals surface area contributed by atoms with Gasteiger partial charge in [-0.1, -0.05) is 42.0 Å². The zero-order valence-electron chi connectivity index (χ0n) is 14.0. The molecule has 0 amide bonds. The van der Waals surface area contributed by atoms with Crippen LogP contribution in [0.25, 0.3) is 0 Å². The molecule has 0 bridgehead atoms. The van der Waals surface area contributed by atoms with E-state index < -0.39 is 5.54 Å². The summed E-state index contributed by atoms with van der Waals surface area (Å²) < 4.78 is 5.35. The van der Waals surface area contributed by atoms with Crippen LogP contribution in [0.3, 0.4) is 0 Å². The highest BCUT2D eigenvalue weighted by molar-refractivity contribution is 5.35. The number of hydrogen-bond acceptors (Lipinski definition) is 3. The largest absolute Gasteiger partial charge is 0.497 e. The van der Waals surface area contributed by atoms with Gasteiger partial charge in [-0.3, -0.25) is 0 Å². The average Bonchev–Trinajstić information content (AvgIpc) is 2.49. The van der Waals surface area contributed by atoms with Gasteiger partial charge in [0.15, 0.2) is 0 Å². The van der Waals surface area contributed by atoms with Gasteiger partial charge in [-0.25, -0.2) is 0 Å². The smallest absolute Gasteiger partial charge is 0.119 e. The van der Waals surface area contributed by atoms with E-state index in [1.165, 1.54) is 11.1 Å². The number of methoxy groups -OCH3 is 1. The molecular formula is C19H26N2O. The molecule has 2 rings (SSSR count). The van der Waals surface area contributed by atoms with E-state index in [0.717, 1.165) is 24.3 Å². The van der Waals surface area contributed by atoms with Crippen molar-refractivity contribution in [3.05, 3.63) is 65.2 Å². The quantitative estimate of drug-likeness (QED) is 0.891. The summed E-state index contributed by atoms with van der Waals surface area (Å²) in [6.45, 7) is 2.87. The van der Waals surface area contributed by atoms with Gasteiger partial charge < -0.3 is 15.4 Å². The summed E-state index contributed by atoms with van der Waals surface area (Å²) in [5, 5.41) is 0. The summed E-state index contributed by atoms with van der Waals surface area (Å²) >= 11 is 0. The van der Waals surface area contributed by atoms with E-state index in [1.807, 2.05) is 18.2 Å². The number of nitrogens with zero attached hydrogens (tertiary/aromatic N) is 1. The number of hydrogen-bond donors (Lipinski definition) is 1. The van der Waals surface area contributed by atoms with Crippen LogP contribution in [0.1, 0.15) is 16.7 Å². The van der Waals surface area contributed by atoms with Crippen LogP contribution >= 0.6 is 0 Å². The molecule has 2 N–H and O–H groups in total. The topological polar surface area (TPSA) is 38.5 Å². The molecule has 0 saturated carbocycles. The molecule has 0 aliphatic rings. The van der Waals surface area contributed by atoms with Crippen molar-refractivity contribution in [3.63, 3.8) is 0 Å². The summed E-state index contributed by atoms with van der Waals surface area (Å²) in [6.07, 6.45) is 0.790. The van der Waals surface area contributed by atoms with E-state index in [4.69, 9.17) is 10.5 Å². The molecule has 118 valence electrons. The van der Waals surface area contributed by atoms with Crippen LogP contribution < -0.4 is 10.5 Å². The third kappa shape index (κ3) is 4.09. The van der Waals surface area contributed by atoms with Crippen molar-refractivity contribution < 1.29 is 4.74 Å². The van der Waals surface area contributed by atoms with Crippen molar-refractivity contribution in [2.45, 2.75) is 18.9 Å². The lowest BCUT2D eigenvalue weighted by atomic mass is 9.84. The normalized spacial score (nSPS) is 13.9. The van der Waals surface area contributed by atoms with Crippen LogP contribution in [0.5, 0.6) is 5.75 Å². The standard InChI is InChI=1S/C19H26N2O/c1-15-8-10-16(11-9-15)13-19(20,14-21(2)3)17-6-5-7-18(12-17)22-4/h5-12H,13-14,20H2,1-4H3. The van der Waals surface area contributed by atoms with Crippen LogP contribution in [0, 0.1) is 6.92 Å². The summed E-state index contributed by atoms with van der Waals surface area (Å²) in [5.41, 5.74) is 9.98. The molecule has 22 heavy (non-hydrogen) atoms. The molecule has 0 heterocycles. The van der Waals surface area contributed by atoms with E-state index >= 15 is 0 Å². The Hall–Kier alpha value is -1.84. The lowest BCUT2D eigenvalue weighted by Crippen LogP contribution is -2.47. The average molecular weight is 298 g/mol. The Kier molecular flexibility index (Phi) is 5.22. The van der Waals surface area contributed by atoms with Crippen molar-refractivity contribution in [3.8, 4) is 5.75 Å². The van der Waals surface area contributed by atoms with Gasteiger partial charge in [-0.15, -0.1) is 0 Å². The first kappa shape index (κ1) is 16.5. The predicted molar refractivity (Wildman–Crippen MR) is 92.3 cm³/mol. The molecule has 1 unspecified atom stereocenters. The van der Waals surface area contributed by atoms with Crippen LogP contribution in [-0.2, 0) is 12.0 Å². The van der Waals surface area contributed by atoms with Gasteiger partial charge in [0.2, 0.25) is 0 Å². The van der Waals surface area contributed by atoms with Crippen molar-refractivity contribution in [2.75, 3.05) is 27.7 Å². The Balaban J connectivity index is 2.35. The summed E-state index contributed by atoms with van der Waals surface area (Å²) in [5.74, 6) is 0.843. The summed E-state index contributed by atoms with van der Waals surface area (Å²) in [6, 6.07) is 16.7. The lowest BCUT2D eigenvalue weighted by Gasteiger charge is -2.33. The van der Waals surface area contributed by atoms with Gasteiger partial charge >= 0.3 is 0 Å². The molecule has 0 saturated heterocycles. The monoisotopic (exact) mass is 298 g/mol. The number of aryl methyl sites for hydroxylation is 1. The molecule has 0 fully saturated rings. The van der Waals surface area contributed by atoms with Gasteiger partial charge in [0.1, 0.15) is 5.75 Å². The summed E-state index contributed by atoms with van der Waals surface area (Å²) in [7, 11) is 5.79. The minimum absolute atomic E-state index is 0.451. The number of benzene rings is 2. The Morgan fingerprint density at radius 2 is 1.77 bits per heavy atom.